The summed E-state index contributed by atoms with van der Waals surface area (Å²) in [5.41, 5.74) is 4.10. The standard InChI is InChI=1S/C16H14F2.C10H11Br.C6H5BF2O2/c17-15-8-14(9-16(18)10-15)13-6-4-12(5-7-13)11-2-1-3-11;11-10-6-4-9(5-7-10)8-2-1-3-8;8-5-1-4(7(10)11)2-6(9)3-5/h4-11H,1-3H2;4-8H,1-3H2;1-3,10-11H. The Balaban J connectivity index is 0.000000146. The van der Waals surface area contributed by atoms with Gasteiger partial charge in [-0.1, -0.05) is 65.2 Å². The van der Waals surface area contributed by atoms with Crippen molar-refractivity contribution < 1.29 is 27.6 Å². The number of hydrogen-bond donors (Lipinski definition) is 2. The first-order valence-electron chi connectivity index (χ1n) is 13.3. The fourth-order valence-corrected chi connectivity index (χ4v) is 4.87. The van der Waals surface area contributed by atoms with Gasteiger partial charge in [-0.2, -0.15) is 0 Å². The lowest BCUT2D eigenvalue weighted by molar-refractivity contribution is 0.420. The van der Waals surface area contributed by atoms with Crippen molar-refractivity contribution in [3.63, 3.8) is 0 Å². The van der Waals surface area contributed by atoms with Gasteiger partial charge in [0.1, 0.15) is 23.3 Å². The number of benzene rings is 4. The molecule has 2 aliphatic carbocycles. The van der Waals surface area contributed by atoms with Crippen LogP contribution in [0.2, 0.25) is 0 Å². The summed E-state index contributed by atoms with van der Waals surface area (Å²) >= 11 is 3.43. The van der Waals surface area contributed by atoms with Crippen molar-refractivity contribution in [3.05, 3.63) is 124 Å². The van der Waals surface area contributed by atoms with Gasteiger partial charge in [0, 0.05) is 16.6 Å². The van der Waals surface area contributed by atoms with Gasteiger partial charge < -0.3 is 10.0 Å². The van der Waals surface area contributed by atoms with E-state index in [2.05, 4.69) is 52.3 Å². The summed E-state index contributed by atoms with van der Waals surface area (Å²) in [5.74, 6) is -1.17. The van der Waals surface area contributed by atoms with Crippen molar-refractivity contribution >= 4 is 28.5 Å². The van der Waals surface area contributed by atoms with Crippen molar-refractivity contribution in [3.8, 4) is 11.1 Å². The van der Waals surface area contributed by atoms with Crippen LogP contribution in [-0.2, 0) is 0 Å². The second-order valence-corrected chi connectivity index (χ2v) is 11.1. The van der Waals surface area contributed by atoms with E-state index in [1.165, 1.54) is 66.3 Å². The van der Waals surface area contributed by atoms with Crippen molar-refractivity contribution in [2.24, 2.45) is 0 Å². The Morgan fingerprint density at radius 3 is 1.32 bits per heavy atom. The van der Waals surface area contributed by atoms with Crippen LogP contribution in [0.4, 0.5) is 17.6 Å². The lowest BCUT2D eigenvalue weighted by Gasteiger charge is -2.25. The zero-order valence-corrected chi connectivity index (χ0v) is 23.4. The molecule has 0 amide bonds. The third-order valence-corrected chi connectivity index (χ3v) is 7.84. The first-order chi connectivity index (χ1) is 19.2. The molecular weight excluding hydrogens is 583 g/mol. The zero-order valence-electron chi connectivity index (χ0n) is 21.8. The first kappa shape index (κ1) is 30.0. The smallest absolute Gasteiger partial charge is 0.423 e. The minimum atomic E-state index is -1.83. The monoisotopic (exact) mass is 612 g/mol. The minimum absolute atomic E-state index is 0.192. The Hall–Kier alpha value is -2.94. The van der Waals surface area contributed by atoms with Crippen LogP contribution in [0.1, 0.15) is 61.5 Å². The molecule has 0 radical (unpaired) electrons. The summed E-state index contributed by atoms with van der Waals surface area (Å²) in [4.78, 5) is 0. The molecule has 0 aromatic heterocycles. The van der Waals surface area contributed by atoms with E-state index in [0.717, 1.165) is 29.7 Å². The van der Waals surface area contributed by atoms with Crippen LogP contribution in [-0.4, -0.2) is 17.2 Å². The van der Waals surface area contributed by atoms with Gasteiger partial charge in [-0.3, -0.25) is 0 Å². The highest BCUT2D eigenvalue weighted by atomic mass is 79.9. The molecule has 0 unspecified atom stereocenters. The van der Waals surface area contributed by atoms with Gasteiger partial charge in [-0.05, 0) is 102 Å². The summed E-state index contributed by atoms with van der Waals surface area (Å²) in [6.45, 7) is 0. The van der Waals surface area contributed by atoms with Crippen molar-refractivity contribution in [1.29, 1.82) is 0 Å². The highest BCUT2D eigenvalue weighted by molar-refractivity contribution is 9.10. The third-order valence-electron chi connectivity index (χ3n) is 7.31. The largest absolute Gasteiger partial charge is 0.488 e. The van der Waals surface area contributed by atoms with Crippen LogP contribution in [0.3, 0.4) is 0 Å². The van der Waals surface area contributed by atoms with Gasteiger partial charge in [0.2, 0.25) is 0 Å². The van der Waals surface area contributed by atoms with E-state index in [0.29, 0.717) is 17.5 Å². The van der Waals surface area contributed by atoms with Gasteiger partial charge in [0.15, 0.2) is 0 Å². The molecule has 0 spiro atoms. The zero-order chi connectivity index (χ0) is 28.6. The molecule has 2 N–H and O–H groups in total. The Kier molecular flexibility index (Phi) is 10.6. The maximum Gasteiger partial charge on any atom is 0.488 e. The van der Waals surface area contributed by atoms with Crippen molar-refractivity contribution in [1.82, 2.24) is 0 Å². The predicted octanol–water partition coefficient (Wildman–Crippen LogP) is 8.26. The van der Waals surface area contributed by atoms with Crippen molar-refractivity contribution in [2.75, 3.05) is 0 Å². The molecule has 0 aliphatic heterocycles. The maximum atomic E-state index is 13.1. The molecule has 0 saturated heterocycles. The lowest BCUT2D eigenvalue weighted by atomic mass is 9.80. The molecular formula is C32H30BBrF4O2. The molecule has 4 aromatic carbocycles. The molecule has 2 fully saturated rings. The third kappa shape index (κ3) is 8.53. The van der Waals surface area contributed by atoms with Crippen molar-refractivity contribution in [2.45, 2.75) is 50.4 Å². The van der Waals surface area contributed by atoms with Gasteiger partial charge in [-0.15, -0.1) is 0 Å². The average Bonchev–Trinajstić information content (AvgIpc) is 2.83. The SMILES string of the molecule is Brc1ccc(C2CCC2)cc1.Fc1cc(F)cc(-c2ccc(C3CCC3)cc2)c1.OB(O)c1cc(F)cc(F)c1. The summed E-state index contributed by atoms with van der Waals surface area (Å²) < 4.78 is 52.1. The number of hydrogen-bond acceptors (Lipinski definition) is 2. The molecule has 2 aliphatic rings. The van der Waals surface area contributed by atoms with E-state index in [1.807, 2.05) is 12.1 Å². The fraction of sp³-hybridized carbons (Fsp3) is 0.250. The van der Waals surface area contributed by atoms with Crippen LogP contribution in [0.25, 0.3) is 11.1 Å². The predicted molar refractivity (Wildman–Crippen MR) is 155 cm³/mol. The van der Waals surface area contributed by atoms with E-state index in [4.69, 9.17) is 10.0 Å². The summed E-state index contributed by atoms with van der Waals surface area (Å²) in [6, 6.07) is 22.7. The minimum Gasteiger partial charge on any atom is -0.423 e. The highest BCUT2D eigenvalue weighted by Crippen LogP contribution is 2.37. The van der Waals surface area contributed by atoms with Crippen LogP contribution >= 0.6 is 15.9 Å². The van der Waals surface area contributed by atoms with E-state index in [9.17, 15) is 17.6 Å². The maximum absolute atomic E-state index is 13.1. The fourth-order valence-electron chi connectivity index (χ4n) is 4.61. The first-order valence-corrected chi connectivity index (χ1v) is 14.1. The molecule has 8 heteroatoms. The molecule has 2 saturated carbocycles. The van der Waals surface area contributed by atoms with Crippen LogP contribution in [0.5, 0.6) is 0 Å². The molecule has 0 bridgehead atoms. The number of halogens is 5. The molecule has 0 atom stereocenters. The molecule has 40 heavy (non-hydrogen) atoms. The molecule has 0 heterocycles. The Morgan fingerprint density at radius 2 is 0.950 bits per heavy atom. The molecule has 4 aromatic rings. The van der Waals surface area contributed by atoms with Gasteiger partial charge in [0.25, 0.3) is 0 Å². The average molecular weight is 613 g/mol. The second kappa shape index (κ2) is 14.1. The topological polar surface area (TPSA) is 40.5 Å². The number of rotatable bonds is 4. The van der Waals surface area contributed by atoms with Crippen LogP contribution in [0.15, 0.2) is 89.4 Å². The summed E-state index contributed by atoms with van der Waals surface area (Å²) in [7, 11) is -1.83. The van der Waals surface area contributed by atoms with E-state index >= 15 is 0 Å². The normalized spacial score (nSPS) is 14.6. The molecule has 208 valence electrons. The Labute approximate surface area is 241 Å². The Bertz CT molecular complexity index is 1350. The highest BCUT2D eigenvalue weighted by Gasteiger charge is 2.19. The van der Waals surface area contributed by atoms with Gasteiger partial charge in [0.05, 0.1) is 0 Å². The molecule has 6 rings (SSSR count). The molecule has 2 nitrogen and oxygen atoms in total. The van der Waals surface area contributed by atoms with Gasteiger partial charge in [-0.25, -0.2) is 17.6 Å². The van der Waals surface area contributed by atoms with E-state index in [1.54, 1.807) is 0 Å². The van der Waals surface area contributed by atoms with Crippen LogP contribution in [0, 0.1) is 23.3 Å². The second-order valence-electron chi connectivity index (χ2n) is 10.2. The van der Waals surface area contributed by atoms with Gasteiger partial charge >= 0.3 is 7.12 Å². The van der Waals surface area contributed by atoms with Crippen LogP contribution < -0.4 is 5.46 Å². The summed E-state index contributed by atoms with van der Waals surface area (Å²) in [5, 5.41) is 17.0. The quantitative estimate of drug-likeness (QED) is 0.180. The summed E-state index contributed by atoms with van der Waals surface area (Å²) in [6.07, 6.45) is 8.02. The Morgan fingerprint density at radius 1 is 0.550 bits per heavy atom. The lowest BCUT2D eigenvalue weighted by Crippen LogP contribution is -2.30. The van der Waals surface area contributed by atoms with E-state index < -0.39 is 30.4 Å². The van der Waals surface area contributed by atoms with E-state index in [-0.39, 0.29) is 5.46 Å².